The number of aromatic nitrogens is 3. The van der Waals surface area contributed by atoms with Crippen LogP contribution in [-0.4, -0.2) is 21.5 Å². The van der Waals surface area contributed by atoms with Crippen LogP contribution in [0.2, 0.25) is 0 Å². The minimum atomic E-state index is 0.577. The van der Waals surface area contributed by atoms with Crippen molar-refractivity contribution in [1.82, 2.24) is 15.0 Å². The van der Waals surface area contributed by atoms with Gasteiger partial charge in [-0.2, -0.15) is 0 Å². The summed E-state index contributed by atoms with van der Waals surface area (Å²) in [7, 11) is 0. The highest BCUT2D eigenvalue weighted by Crippen LogP contribution is 2.10. The minimum Gasteiger partial charge on any atom is -0.221 e. The number of benzene rings is 1. The van der Waals surface area contributed by atoms with Crippen LogP contribution in [0.3, 0.4) is 0 Å². The Kier molecular flexibility index (Phi) is 4.33. The lowest BCUT2D eigenvalue weighted by atomic mass is 10.1. The zero-order chi connectivity index (χ0) is 12.6. The lowest BCUT2D eigenvalue weighted by Crippen LogP contribution is -1.95. The smallest absolute Gasteiger partial charge is 0.0697 e. The summed E-state index contributed by atoms with van der Waals surface area (Å²) >= 11 is 0. The van der Waals surface area contributed by atoms with Crippen molar-refractivity contribution in [2.24, 2.45) is 5.11 Å². The summed E-state index contributed by atoms with van der Waals surface area (Å²) in [6.07, 6.45) is 6.42. The molecule has 6 heteroatoms. The van der Waals surface area contributed by atoms with Crippen LogP contribution in [-0.2, 0) is 6.42 Å². The van der Waals surface area contributed by atoms with Crippen molar-refractivity contribution in [3.63, 3.8) is 0 Å². The third kappa shape index (κ3) is 3.33. The molecule has 0 radical (unpaired) electrons. The predicted molar refractivity (Wildman–Crippen MR) is 68.3 cm³/mol. The molecule has 0 aliphatic heterocycles. The molecule has 0 saturated heterocycles. The third-order valence-electron chi connectivity index (χ3n) is 2.66. The van der Waals surface area contributed by atoms with Gasteiger partial charge in [0.1, 0.15) is 0 Å². The Labute approximate surface area is 105 Å². The standard InChI is InChI=1S/C12H14N6/c13-16-14-8-2-1-3-11-4-6-12(7-5-11)18-10-9-15-17-18/h4-7,9-10H,1-3,8H2. The van der Waals surface area contributed by atoms with E-state index in [1.165, 1.54) is 5.56 Å². The topological polar surface area (TPSA) is 79.5 Å². The molecular formula is C12H14N6. The molecule has 2 aromatic rings. The van der Waals surface area contributed by atoms with E-state index in [-0.39, 0.29) is 0 Å². The summed E-state index contributed by atoms with van der Waals surface area (Å²) in [6.45, 7) is 0.577. The second kappa shape index (κ2) is 6.42. The molecule has 0 aliphatic rings. The Balaban J connectivity index is 1.86. The van der Waals surface area contributed by atoms with Gasteiger partial charge in [-0.1, -0.05) is 22.5 Å². The fourth-order valence-corrected chi connectivity index (χ4v) is 1.72. The fraction of sp³-hybridized carbons (Fsp3) is 0.333. The Morgan fingerprint density at radius 1 is 1.22 bits per heavy atom. The number of aryl methyl sites for hydroxylation is 1. The van der Waals surface area contributed by atoms with Gasteiger partial charge in [0, 0.05) is 11.5 Å². The largest absolute Gasteiger partial charge is 0.221 e. The average Bonchev–Trinajstić information content (AvgIpc) is 2.93. The second-order valence-corrected chi connectivity index (χ2v) is 3.93. The van der Waals surface area contributed by atoms with Crippen LogP contribution < -0.4 is 0 Å². The van der Waals surface area contributed by atoms with E-state index in [4.69, 9.17) is 5.53 Å². The van der Waals surface area contributed by atoms with Crippen LogP contribution >= 0.6 is 0 Å². The fourth-order valence-electron chi connectivity index (χ4n) is 1.72. The molecule has 0 fully saturated rings. The van der Waals surface area contributed by atoms with Gasteiger partial charge in [0.05, 0.1) is 18.1 Å². The zero-order valence-corrected chi connectivity index (χ0v) is 9.98. The van der Waals surface area contributed by atoms with Gasteiger partial charge in [0.15, 0.2) is 0 Å². The molecule has 6 nitrogen and oxygen atoms in total. The van der Waals surface area contributed by atoms with E-state index in [1.54, 1.807) is 10.9 Å². The quantitative estimate of drug-likeness (QED) is 0.338. The maximum Gasteiger partial charge on any atom is 0.0697 e. The predicted octanol–water partition coefficient (Wildman–Crippen LogP) is 2.90. The average molecular weight is 242 g/mol. The Hall–Kier alpha value is -2.33. The molecule has 0 spiro atoms. The van der Waals surface area contributed by atoms with E-state index in [0.717, 1.165) is 24.9 Å². The van der Waals surface area contributed by atoms with Gasteiger partial charge in [-0.15, -0.1) is 5.10 Å². The Bertz CT molecular complexity index is 510. The molecule has 2 rings (SSSR count). The number of nitrogens with zero attached hydrogens (tertiary/aromatic N) is 6. The first-order valence-corrected chi connectivity index (χ1v) is 5.86. The summed E-state index contributed by atoms with van der Waals surface area (Å²) < 4.78 is 1.73. The molecule has 1 heterocycles. The van der Waals surface area contributed by atoms with Crippen LogP contribution in [0.25, 0.3) is 16.1 Å². The number of unbranched alkanes of at least 4 members (excludes halogenated alkanes) is 1. The first kappa shape index (κ1) is 12.1. The van der Waals surface area contributed by atoms with E-state index in [2.05, 4.69) is 32.5 Å². The van der Waals surface area contributed by atoms with E-state index in [0.29, 0.717) is 6.54 Å². The van der Waals surface area contributed by atoms with Crippen LogP contribution in [0.5, 0.6) is 0 Å². The van der Waals surface area contributed by atoms with Gasteiger partial charge >= 0.3 is 0 Å². The van der Waals surface area contributed by atoms with Crippen molar-refractivity contribution < 1.29 is 0 Å². The number of rotatable bonds is 6. The maximum atomic E-state index is 8.15. The number of azide groups is 1. The van der Waals surface area contributed by atoms with Crippen LogP contribution in [0.1, 0.15) is 18.4 Å². The van der Waals surface area contributed by atoms with E-state index >= 15 is 0 Å². The van der Waals surface area contributed by atoms with Gasteiger partial charge in [-0.25, -0.2) is 4.68 Å². The highest BCUT2D eigenvalue weighted by atomic mass is 15.4. The summed E-state index contributed by atoms with van der Waals surface area (Å²) in [5, 5.41) is 11.2. The van der Waals surface area contributed by atoms with Crippen molar-refractivity contribution in [2.75, 3.05) is 6.54 Å². The van der Waals surface area contributed by atoms with Crippen LogP contribution in [0.4, 0.5) is 0 Å². The maximum absolute atomic E-state index is 8.15. The molecule has 1 aromatic carbocycles. The van der Waals surface area contributed by atoms with Gasteiger partial charge in [0.25, 0.3) is 0 Å². The molecule has 0 aliphatic carbocycles. The molecule has 0 unspecified atom stereocenters. The SMILES string of the molecule is [N-]=[N+]=NCCCCc1ccc(-n2ccnn2)cc1. The van der Waals surface area contributed by atoms with Gasteiger partial charge < -0.3 is 0 Å². The van der Waals surface area contributed by atoms with Crippen molar-refractivity contribution in [3.05, 3.63) is 52.7 Å². The number of hydrogen-bond donors (Lipinski definition) is 0. The second-order valence-electron chi connectivity index (χ2n) is 3.93. The highest BCUT2D eigenvalue weighted by Gasteiger charge is 1.97. The van der Waals surface area contributed by atoms with E-state index in [9.17, 15) is 0 Å². The van der Waals surface area contributed by atoms with E-state index in [1.807, 2.05) is 18.3 Å². The summed E-state index contributed by atoms with van der Waals surface area (Å²) in [5.74, 6) is 0. The van der Waals surface area contributed by atoms with E-state index < -0.39 is 0 Å². The van der Waals surface area contributed by atoms with Crippen molar-refractivity contribution in [3.8, 4) is 5.69 Å². The monoisotopic (exact) mass is 242 g/mol. The van der Waals surface area contributed by atoms with Crippen LogP contribution in [0.15, 0.2) is 41.8 Å². The molecule has 92 valence electrons. The highest BCUT2D eigenvalue weighted by molar-refractivity contribution is 5.33. The summed E-state index contributed by atoms with van der Waals surface area (Å²) in [5.41, 5.74) is 10.4. The molecule has 0 atom stereocenters. The Morgan fingerprint density at radius 3 is 2.72 bits per heavy atom. The molecular weight excluding hydrogens is 228 g/mol. The first-order valence-electron chi connectivity index (χ1n) is 5.86. The van der Waals surface area contributed by atoms with Crippen LogP contribution in [0, 0.1) is 0 Å². The normalized spacial score (nSPS) is 10.0. The Morgan fingerprint density at radius 2 is 2.06 bits per heavy atom. The molecule has 0 N–H and O–H groups in total. The summed E-state index contributed by atoms with van der Waals surface area (Å²) in [4.78, 5) is 2.73. The molecule has 0 bridgehead atoms. The van der Waals surface area contributed by atoms with Crippen molar-refractivity contribution in [1.29, 1.82) is 0 Å². The number of hydrogen-bond acceptors (Lipinski definition) is 3. The lowest BCUT2D eigenvalue weighted by Gasteiger charge is -2.03. The van der Waals surface area contributed by atoms with Gasteiger partial charge in [-0.3, -0.25) is 0 Å². The summed E-state index contributed by atoms with van der Waals surface area (Å²) in [6, 6.07) is 8.23. The van der Waals surface area contributed by atoms with Crippen molar-refractivity contribution >= 4 is 0 Å². The van der Waals surface area contributed by atoms with Gasteiger partial charge in [-0.05, 0) is 42.5 Å². The zero-order valence-electron chi connectivity index (χ0n) is 9.98. The third-order valence-corrected chi connectivity index (χ3v) is 2.66. The minimum absolute atomic E-state index is 0.577. The van der Waals surface area contributed by atoms with Gasteiger partial charge in [0.2, 0.25) is 0 Å². The lowest BCUT2D eigenvalue weighted by molar-refractivity contribution is 0.741. The molecule has 0 amide bonds. The molecule has 1 aromatic heterocycles. The van der Waals surface area contributed by atoms with Crippen molar-refractivity contribution in [2.45, 2.75) is 19.3 Å². The molecule has 18 heavy (non-hydrogen) atoms. The first-order chi connectivity index (χ1) is 8.90. The molecule has 0 saturated carbocycles.